The lowest BCUT2D eigenvalue weighted by molar-refractivity contribution is 0.0633. The molecule has 1 fully saturated rings. The van der Waals surface area contributed by atoms with Gasteiger partial charge in [0.05, 0.1) is 11.7 Å². The number of carbonyl (C=O) groups is 1. The van der Waals surface area contributed by atoms with E-state index in [-0.39, 0.29) is 11.9 Å². The molecule has 0 aromatic carbocycles. The van der Waals surface area contributed by atoms with E-state index >= 15 is 0 Å². The molecule has 1 unspecified atom stereocenters. The second-order valence-corrected chi connectivity index (χ2v) is 3.77. The lowest BCUT2D eigenvalue weighted by atomic mass is 10.1. The highest BCUT2D eigenvalue weighted by Crippen LogP contribution is 2.35. The van der Waals surface area contributed by atoms with Crippen molar-refractivity contribution >= 4 is 21.9 Å². The molecular weight excluding hydrogens is 254 g/mol. The largest absolute Gasteiger partial charge is 0.475 e. The smallest absolute Gasteiger partial charge is 0.375 e. The number of hydrogen-bond donors (Lipinski definition) is 1. The van der Waals surface area contributed by atoms with Crippen LogP contribution >= 0.6 is 15.9 Å². The third-order valence-electron chi connectivity index (χ3n) is 2.13. The van der Waals surface area contributed by atoms with Crippen LogP contribution in [0.4, 0.5) is 0 Å². The number of carboxylic acid groups (broad SMARTS) is 1. The number of ether oxygens (including phenoxy) is 1. The highest BCUT2D eigenvalue weighted by Gasteiger charge is 2.30. The summed E-state index contributed by atoms with van der Waals surface area (Å²) >= 11 is 3.15. The van der Waals surface area contributed by atoms with Gasteiger partial charge in [0.15, 0.2) is 4.60 Å². The summed E-state index contributed by atoms with van der Waals surface area (Å²) < 4.78 is 10.5. The van der Waals surface area contributed by atoms with E-state index in [1.165, 1.54) is 0 Å². The summed E-state index contributed by atoms with van der Waals surface area (Å²) in [5.41, 5.74) is 0.509. The third kappa shape index (κ3) is 1.55. The molecule has 2 heterocycles. The van der Waals surface area contributed by atoms with Crippen LogP contribution in [0.5, 0.6) is 0 Å². The summed E-state index contributed by atoms with van der Waals surface area (Å²) in [5, 5.41) is 12.4. The number of carboxylic acids is 1. The number of hydrogen-bond acceptors (Lipinski definition) is 4. The van der Waals surface area contributed by atoms with Crippen LogP contribution in [0, 0.1) is 0 Å². The SMILES string of the molecule is O=C(O)c1onc(Br)c1C1CCCO1. The van der Waals surface area contributed by atoms with Gasteiger partial charge >= 0.3 is 5.97 Å². The van der Waals surface area contributed by atoms with E-state index < -0.39 is 5.97 Å². The topological polar surface area (TPSA) is 72.6 Å². The fourth-order valence-corrected chi connectivity index (χ4v) is 2.02. The van der Waals surface area contributed by atoms with Crippen molar-refractivity contribution in [1.82, 2.24) is 5.16 Å². The van der Waals surface area contributed by atoms with E-state index in [1.54, 1.807) is 0 Å². The van der Waals surface area contributed by atoms with Gasteiger partial charge in [-0.2, -0.15) is 0 Å². The normalized spacial score (nSPS) is 21.4. The minimum atomic E-state index is -1.12. The van der Waals surface area contributed by atoms with Crippen molar-refractivity contribution < 1.29 is 19.2 Å². The molecule has 0 saturated carbocycles. The highest BCUT2D eigenvalue weighted by molar-refractivity contribution is 9.10. The van der Waals surface area contributed by atoms with E-state index in [1.807, 2.05) is 0 Å². The van der Waals surface area contributed by atoms with Crippen molar-refractivity contribution in [2.24, 2.45) is 0 Å². The van der Waals surface area contributed by atoms with Gasteiger partial charge in [0, 0.05) is 6.61 Å². The second kappa shape index (κ2) is 3.70. The number of halogens is 1. The maximum Gasteiger partial charge on any atom is 0.375 e. The molecule has 0 spiro atoms. The fraction of sp³-hybridized carbons (Fsp3) is 0.500. The van der Waals surface area contributed by atoms with Crippen LogP contribution < -0.4 is 0 Å². The van der Waals surface area contributed by atoms with Crippen molar-refractivity contribution in [1.29, 1.82) is 0 Å². The molecule has 0 amide bonds. The average Bonchev–Trinajstić information content (AvgIpc) is 2.71. The molecule has 1 aliphatic heterocycles. The van der Waals surface area contributed by atoms with Crippen molar-refractivity contribution in [3.05, 3.63) is 15.9 Å². The second-order valence-electron chi connectivity index (χ2n) is 3.02. The molecule has 1 atom stereocenters. The molecule has 0 aliphatic carbocycles. The van der Waals surface area contributed by atoms with E-state index in [9.17, 15) is 4.79 Å². The minimum absolute atomic E-state index is 0.135. The van der Waals surface area contributed by atoms with E-state index in [0.29, 0.717) is 16.8 Å². The van der Waals surface area contributed by atoms with Gasteiger partial charge in [0.25, 0.3) is 5.76 Å². The average molecular weight is 262 g/mol. The van der Waals surface area contributed by atoms with Gasteiger partial charge in [-0.25, -0.2) is 4.79 Å². The lowest BCUT2D eigenvalue weighted by Gasteiger charge is -2.06. The maximum atomic E-state index is 10.8. The Morgan fingerprint density at radius 1 is 1.64 bits per heavy atom. The van der Waals surface area contributed by atoms with Crippen molar-refractivity contribution in [3.8, 4) is 0 Å². The number of aromatic carboxylic acids is 1. The molecule has 14 heavy (non-hydrogen) atoms. The summed E-state index contributed by atoms with van der Waals surface area (Å²) in [7, 11) is 0. The van der Waals surface area contributed by atoms with Gasteiger partial charge in [-0.3, -0.25) is 0 Å². The summed E-state index contributed by atoms with van der Waals surface area (Å²) in [5.74, 6) is -1.25. The Morgan fingerprint density at radius 2 is 2.43 bits per heavy atom. The first-order chi connectivity index (χ1) is 6.70. The molecule has 6 heteroatoms. The maximum absolute atomic E-state index is 10.8. The molecule has 1 saturated heterocycles. The van der Waals surface area contributed by atoms with E-state index in [4.69, 9.17) is 14.4 Å². The first kappa shape index (κ1) is 9.67. The van der Waals surface area contributed by atoms with E-state index in [0.717, 1.165) is 12.8 Å². The quantitative estimate of drug-likeness (QED) is 0.882. The Balaban J connectivity index is 2.38. The predicted molar refractivity (Wildman–Crippen MR) is 49.1 cm³/mol. The fourth-order valence-electron chi connectivity index (χ4n) is 1.52. The van der Waals surface area contributed by atoms with Gasteiger partial charge in [-0.05, 0) is 28.8 Å². The number of nitrogens with zero attached hydrogens (tertiary/aromatic N) is 1. The van der Waals surface area contributed by atoms with Crippen molar-refractivity contribution in [3.63, 3.8) is 0 Å². The Kier molecular flexibility index (Phi) is 2.56. The Hall–Kier alpha value is -0.880. The third-order valence-corrected chi connectivity index (χ3v) is 2.70. The predicted octanol–water partition coefficient (Wildman–Crippen LogP) is 1.99. The molecule has 1 aromatic heterocycles. The zero-order valence-corrected chi connectivity index (χ0v) is 8.78. The first-order valence-corrected chi connectivity index (χ1v) is 4.99. The van der Waals surface area contributed by atoms with Crippen molar-refractivity contribution in [2.45, 2.75) is 18.9 Å². The van der Waals surface area contributed by atoms with E-state index in [2.05, 4.69) is 21.1 Å². The standard InChI is InChI=1S/C8H8BrNO4/c9-7-5(4-2-1-3-13-4)6(8(11)12)14-10-7/h4H,1-3H2,(H,11,12). The number of aromatic nitrogens is 1. The molecule has 1 aromatic rings. The molecule has 0 bridgehead atoms. The van der Waals surface area contributed by atoms with Gasteiger partial charge in [-0.1, -0.05) is 5.16 Å². The Morgan fingerprint density at radius 3 is 3.00 bits per heavy atom. The van der Waals surface area contributed by atoms with Gasteiger partial charge in [0.2, 0.25) is 0 Å². The number of rotatable bonds is 2. The molecular formula is C8H8BrNO4. The highest BCUT2D eigenvalue weighted by atomic mass is 79.9. The van der Waals surface area contributed by atoms with Crippen LogP contribution in [0.15, 0.2) is 9.13 Å². The molecule has 1 N–H and O–H groups in total. The summed E-state index contributed by atoms with van der Waals surface area (Å²) in [6.45, 7) is 0.654. The van der Waals surface area contributed by atoms with Crippen LogP contribution in [-0.4, -0.2) is 22.8 Å². The molecule has 0 radical (unpaired) electrons. The Bertz CT molecular complexity index is 356. The summed E-state index contributed by atoms with van der Waals surface area (Å²) in [4.78, 5) is 10.8. The van der Waals surface area contributed by atoms with Gasteiger partial charge < -0.3 is 14.4 Å². The van der Waals surface area contributed by atoms with Crippen LogP contribution in [0.1, 0.15) is 35.1 Å². The minimum Gasteiger partial charge on any atom is -0.475 e. The van der Waals surface area contributed by atoms with Crippen LogP contribution in [0.2, 0.25) is 0 Å². The molecule has 2 rings (SSSR count). The zero-order chi connectivity index (χ0) is 10.1. The lowest BCUT2D eigenvalue weighted by Crippen LogP contribution is -2.04. The van der Waals surface area contributed by atoms with Crippen LogP contribution in [-0.2, 0) is 4.74 Å². The molecule has 5 nitrogen and oxygen atoms in total. The van der Waals surface area contributed by atoms with Crippen LogP contribution in [0.3, 0.4) is 0 Å². The van der Waals surface area contributed by atoms with Crippen molar-refractivity contribution in [2.75, 3.05) is 6.61 Å². The van der Waals surface area contributed by atoms with Crippen LogP contribution in [0.25, 0.3) is 0 Å². The van der Waals surface area contributed by atoms with Gasteiger partial charge in [0.1, 0.15) is 0 Å². The Labute approximate surface area is 88.2 Å². The van der Waals surface area contributed by atoms with Gasteiger partial charge in [-0.15, -0.1) is 0 Å². The summed E-state index contributed by atoms with van der Waals surface area (Å²) in [6.07, 6.45) is 1.53. The summed E-state index contributed by atoms with van der Waals surface area (Å²) in [6, 6.07) is 0. The molecule has 76 valence electrons. The molecule has 1 aliphatic rings. The zero-order valence-electron chi connectivity index (χ0n) is 7.20. The first-order valence-electron chi connectivity index (χ1n) is 4.20. The monoisotopic (exact) mass is 261 g/mol.